The van der Waals surface area contributed by atoms with Crippen molar-refractivity contribution >= 4 is 28.5 Å². The number of pyridine rings is 1. The second kappa shape index (κ2) is 4.81. The van der Waals surface area contributed by atoms with Crippen molar-refractivity contribution in [3.05, 3.63) is 52.8 Å². The summed E-state index contributed by atoms with van der Waals surface area (Å²) in [5, 5.41) is 5.79. The zero-order valence-electron chi connectivity index (χ0n) is 11.7. The number of carbonyl (C=O) groups is 1. The molecule has 0 unspecified atom stereocenters. The van der Waals surface area contributed by atoms with Crippen LogP contribution in [0.2, 0.25) is 5.02 Å². The van der Waals surface area contributed by atoms with Gasteiger partial charge in [0.05, 0.1) is 27.4 Å². The Morgan fingerprint density at radius 2 is 2.00 bits per heavy atom. The zero-order chi connectivity index (χ0) is 15.3. The van der Waals surface area contributed by atoms with Crippen LogP contribution < -0.4 is 5.73 Å². The molecule has 1 aromatic carbocycles. The lowest BCUT2D eigenvalue weighted by atomic mass is 10.1. The van der Waals surface area contributed by atoms with Crippen molar-refractivity contribution in [3.63, 3.8) is 0 Å². The first-order valence-corrected chi connectivity index (χ1v) is 7.47. The Kier molecular flexibility index (Phi) is 2.90. The van der Waals surface area contributed by atoms with Crippen molar-refractivity contribution in [2.45, 2.75) is 18.8 Å². The fourth-order valence-corrected chi connectivity index (χ4v) is 2.96. The third-order valence-corrected chi connectivity index (χ3v) is 4.28. The van der Waals surface area contributed by atoms with Crippen molar-refractivity contribution in [2.24, 2.45) is 5.73 Å². The van der Waals surface area contributed by atoms with E-state index >= 15 is 0 Å². The molecule has 0 saturated heterocycles. The zero-order valence-corrected chi connectivity index (χ0v) is 12.4. The number of amides is 1. The van der Waals surface area contributed by atoms with Crippen LogP contribution in [0.5, 0.6) is 0 Å². The van der Waals surface area contributed by atoms with Gasteiger partial charge in [-0.1, -0.05) is 29.8 Å². The lowest BCUT2D eigenvalue weighted by Gasteiger charge is -2.04. The van der Waals surface area contributed by atoms with Gasteiger partial charge in [-0.3, -0.25) is 4.79 Å². The predicted molar refractivity (Wildman–Crippen MR) is 84.4 cm³/mol. The monoisotopic (exact) mass is 312 g/mol. The Balaban J connectivity index is 2.04. The molecule has 6 heteroatoms. The highest BCUT2D eigenvalue weighted by Gasteiger charge is 2.31. The number of halogens is 1. The molecule has 0 bridgehead atoms. The standard InChI is InChI=1S/C16H13ClN4O/c17-13-11(15(18)22)8-19-16-12(13)14(9-6-7-9)20-21(16)10-4-2-1-3-5-10/h1-5,8-9H,6-7H2,(H2,18,22). The third-order valence-electron chi connectivity index (χ3n) is 3.89. The topological polar surface area (TPSA) is 73.8 Å². The predicted octanol–water partition coefficient (Wildman–Crippen LogP) is 3.05. The summed E-state index contributed by atoms with van der Waals surface area (Å²) in [4.78, 5) is 15.9. The van der Waals surface area contributed by atoms with Crippen LogP contribution in [-0.4, -0.2) is 20.7 Å². The summed E-state index contributed by atoms with van der Waals surface area (Å²) in [6, 6.07) is 9.75. The van der Waals surface area contributed by atoms with Crippen LogP contribution in [0.1, 0.15) is 34.8 Å². The van der Waals surface area contributed by atoms with Crippen LogP contribution in [0.25, 0.3) is 16.7 Å². The molecule has 0 spiro atoms. The maximum Gasteiger partial charge on any atom is 0.251 e. The summed E-state index contributed by atoms with van der Waals surface area (Å²) in [6.07, 6.45) is 3.58. The van der Waals surface area contributed by atoms with Gasteiger partial charge in [0.1, 0.15) is 0 Å². The number of nitrogens with zero attached hydrogens (tertiary/aromatic N) is 3. The van der Waals surface area contributed by atoms with E-state index in [0.29, 0.717) is 16.6 Å². The Bertz CT molecular complexity index is 884. The molecule has 1 aliphatic rings. The number of carbonyl (C=O) groups excluding carboxylic acids is 1. The summed E-state index contributed by atoms with van der Waals surface area (Å²) in [5.74, 6) is -0.191. The van der Waals surface area contributed by atoms with Crippen LogP contribution in [-0.2, 0) is 0 Å². The van der Waals surface area contributed by atoms with Gasteiger partial charge in [0.25, 0.3) is 5.91 Å². The SMILES string of the molecule is NC(=O)c1cnc2c(c(C3CC3)nn2-c2ccccc2)c1Cl. The third kappa shape index (κ3) is 1.97. The maximum atomic E-state index is 11.5. The highest BCUT2D eigenvalue weighted by atomic mass is 35.5. The minimum absolute atomic E-state index is 0.240. The van der Waals surface area contributed by atoms with E-state index in [1.807, 2.05) is 30.3 Å². The summed E-state index contributed by atoms with van der Waals surface area (Å²) < 4.78 is 1.78. The largest absolute Gasteiger partial charge is 0.366 e. The van der Waals surface area contributed by atoms with E-state index in [4.69, 9.17) is 22.4 Å². The van der Waals surface area contributed by atoms with E-state index in [1.54, 1.807) is 4.68 Å². The lowest BCUT2D eigenvalue weighted by molar-refractivity contribution is 0.100. The average molecular weight is 313 g/mol. The molecule has 110 valence electrons. The van der Waals surface area contributed by atoms with Gasteiger partial charge in [-0.05, 0) is 25.0 Å². The molecule has 1 saturated carbocycles. The summed E-state index contributed by atoms with van der Waals surface area (Å²) in [7, 11) is 0. The van der Waals surface area contributed by atoms with Gasteiger partial charge in [-0.2, -0.15) is 5.10 Å². The summed E-state index contributed by atoms with van der Waals surface area (Å²) in [6.45, 7) is 0. The van der Waals surface area contributed by atoms with Crippen molar-refractivity contribution < 1.29 is 4.79 Å². The van der Waals surface area contributed by atoms with E-state index in [0.717, 1.165) is 29.6 Å². The molecule has 4 rings (SSSR count). The van der Waals surface area contributed by atoms with E-state index < -0.39 is 5.91 Å². The number of hydrogen-bond acceptors (Lipinski definition) is 3. The molecular formula is C16H13ClN4O. The van der Waals surface area contributed by atoms with Crippen molar-refractivity contribution in [1.82, 2.24) is 14.8 Å². The van der Waals surface area contributed by atoms with Crippen LogP contribution in [0.15, 0.2) is 36.5 Å². The average Bonchev–Trinajstić information content (AvgIpc) is 3.29. The Morgan fingerprint density at radius 3 is 2.64 bits per heavy atom. The fraction of sp³-hybridized carbons (Fsp3) is 0.188. The van der Waals surface area contributed by atoms with E-state index in [1.165, 1.54) is 6.20 Å². The van der Waals surface area contributed by atoms with Gasteiger partial charge in [-0.15, -0.1) is 0 Å². The first-order valence-electron chi connectivity index (χ1n) is 7.09. The number of rotatable bonds is 3. The highest BCUT2D eigenvalue weighted by Crippen LogP contribution is 2.44. The first-order chi connectivity index (χ1) is 10.7. The summed E-state index contributed by atoms with van der Waals surface area (Å²) >= 11 is 6.42. The fourth-order valence-electron chi connectivity index (χ4n) is 2.64. The Morgan fingerprint density at radius 1 is 1.27 bits per heavy atom. The molecule has 2 heterocycles. The quantitative estimate of drug-likeness (QED) is 0.807. The van der Waals surface area contributed by atoms with E-state index in [2.05, 4.69) is 4.98 Å². The number of hydrogen-bond donors (Lipinski definition) is 1. The molecule has 1 amide bonds. The molecule has 0 aliphatic heterocycles. The number of aromatic nitrogens is 3. The lowest BCUT2D eigenvalue weighted by Crippen LogP contribution is -2.12. The van der Waals surface area contributed by atoms with Gasteiger partial charge < -0.3 is 5.73 Å². The van der Waals surface area contributed by atoms with Gasteiger partial charge >= 0.3 is 0 Å². The summed E-state index contributed by atoms with van der Waals surface area (Å²) in [5.41, 5.74) is 8.08. The Labute approximate surface area is 131 Å². The smallest absolute Gasteiger partial charge is 0.251 e. The number of fused-ring (bicyclic) bond motifs is 1. The normalized spacial score (nSPS) is 14.4. The van der Waals surface area contributed by atoms with Crippen LogP contribution >= 0.6 is 11.6 Å². The molecule has 3 aromatic rings. The van der Waals surface area contributed by atoms with E-state index in [9.17, 15) is 4.79 Å². The van der Waals surface area contributed by atoms with Gasteiger partial charge in [-0.25, -0.2) is 9.67 Å². The maximum absolute atomic E-state index is 11.5. The molecular weight excluding hydrogens is 300 g/mol. The molecule has 2 aromatic heterocycles. The molecule has 0 radical (unpaired) electrons. The number of para-hydroxylation sites is 1. The first kappa shape index (κ1) is 13.3. The molecule has 0 atom stereocenters. The molecule has 1 fully saturated rings. The van der Waals surface area contributed by atoms with Crippen molar-refractivity contribution in [1.29, 1.82) is 0 Å². The second-order valence-electron chi connectivity index (χ2n) is 5.46. The second-order valence-corrected chi connectivity index (χ2v) is 5.83. The Hall–Kier alpha value is -2.40. The van der Waals surface area contributed by atoms with Crippen LogP contribution in [0, 0.1) is 0 Å². The van der Waals surface area contributed by atoms with Crippen molar-refractivity contribution in [3.8, 4) is 5.69 Å². The van der Waals surface area contributed by atoms with Gasteiger partial charge in [0, 0.05) is 12.1 Å². The van der Waals surface area contributed by atoms with Crippen LogP contribution in [0.4, 0.5) is 0 Å². The highest BCUT2D eigenvalue weighted by molar-refractivity contribution is 6.38. The minimum atomic E-state index is -0.575. The van der Waals surface area contributed by atoms with Gasteiger partial charge in [0.2, 0.25) is 0 Å². The number of nitrogens with two attached hydrogens (primary N) is 1. The minimum Gasteiger partial charge on any atom is -0.366 e. The number of benzene rings is 1. The van der Waals surface area contributed by atoms with Crippen LogP contribution in [0.3, 0.4) is 0 Å². The molecule has 22 heavy (non-hydrogen) atoms. The van der Waals surface area contributed by atoms with Crippen molar-refractivity contribution in [2.75, 3.05) is 0 Å². The molecule has 5 nitrogen and oxygen atoms in total. The number of primary amides is 1. The van der Waals surface area contributed by atoms with E-state index in [-0.39, 0.29) is 5.56 Å². The molecule has 1 aliphatic carbocycles. The van der Waals surface area contributed by atoms with Gasteiger partial charge in [0.15, 0.2) is 5.65 Å². The molecule has 2 N–H and O–H groups in total.